The molecule has 0 aromatic carbocycles. The fourth-order valence-electron chi connectivity index (χ4n) is 1.39. The molecule has 0 bridgehead atoms. The second kappa shape index (κ2) is 4.04. The number of aromatic nitrogens is 3. The van der Waals surface area contributed by atoms with Crippen LogP contribution in [0.2, 0.25) is 0 Å². The standard InChI is InChI=1S/C11H11N3O/c1-2-14-7-9(3-4-11(14)15)10-5-6-12-8-13-10/h3-8H,2H2,1H3. The van der Waals surface area contributed by atoms with Crippen molar-refractivity contribution in [3.63, 3.8) is 0 Å². The minimum atomic E-state index is 0.00954. The molecular formula is C11H11N3O. The van der Waals surface area contributed by atoms with Gasteiger partial charge in [0.2, 0.25) is 0 Å². The molecule has 0 saturated carbocycles. The first-order valence-electron chi connectivity index (χ1n) is 4.78. The lowest BCUT2D eigenvalue weighted by Crippen LogP contribution is -2.17. The van der Waals surface area contributed by atoms with Crippen molar-refractivity contribution in [2.24, 2.45) is 0 Å². The highest BCUT2D eigenvalue weighted by Gasteiger charge is 2.00. The molecule has 0 aliphatic carbocycles. The Morgan fingerprint density at radius 2 is 2.20 bits per heavy atom. The van der Waals surface area contributed by atoms with E-state index in [2.05, 4.69) is 9.97 Å². The van der Waals surface area contributed by atoms with Gasteiger partial charge in [0.25, 0.3) is 5.56 Å². The highest BCUT2D eigenvalue weighted by atomic mass is 16.1. The van der Waals surface area contributed by atoms with E-state index in [1.165, 1.54) is 6.33 Å². The van der Waals surface area contributed by atoms with Crippen LogP contribution in [0.15, 0.2) is 41.7 Å². The predicted octanol–water partition coefficient (Wildman–Crippen LogP) is 1.33. The third kappa shape index (κ3) is 1.93. The molecule has 2 heterocycles. The van der Waals surface area contributed by atoms with Gasteiger partial charge in [-0.15, -0.1) is 0 Å². The molecular weight excluding hydrogens is 190 g/mol. The van der Waals surface area contributed by atoms with Crippen molar-refractivity contribution in [1.29, 1.82) is 0 Å². The molecule has 2 aromatic heterocycles. The Morgan fingerprint density at radius 3 is 2.87 bits per heavy atom. The van der Waals surface area contributed by atoms with Gasteiger partial charge in [-0.1, -0.05) is 0 Å². The van der Waals surface area contributed by atoms with Crippen LogP contribution in [0.25, 0.3) is 11.3 Å². The van der Waals surface area contributed by atoms with Gasteiger partial charge in [0.05, 0.1) is 5.69 Å². The lowest BCUT2D eigenvalue weighted by atomic mass is 10.2. The molecule has 15 heavy (non-hydrogen) atoms. The lowest BCUT2D eigenvalue weighted by Gasteiger charge is -2.04. The Hall–Kier alpha value is -1.97. The molecule has 0 N–H and O–H groups in total. The molecule has 0 amide bonds. The van der Waals surface area contributed by atoms with Crippen LogP contribution >= 0.6 is 0 Å². The van der Waals surface area contributed by atoms with Crippen LogP contribution in [0.1, 0.15) is 6.92 Å². The molecule has 0 aliphatic heterocycles. The zero-order chi connectivity index (χ0) is 10.7. The molecule has 0 unspecified atom stereocenters. The van der Waals surface area contributed by atoms with E-state index in [-0.39, 0.29) is 5.56 Å². The van der Waals surface area contributed by atoms with Crippen LogP contribution in [0.5, 0.6) is 0 Å². The van der Waals surface area contributed by atoms with Crippen LogP contribution in [-0.4, -0.2) is 14.5 Å². The molecule has 0 atom stereocenters. The van der Waals surface area contributed by atoms with Gasteiger partial charge in [0, 0.05) is 30.6 Å². The fourth-order valence-corrected chi connectivity index (χ4v) is 1.39. The average Bonchev–Trinajstić information content (AvgIpc) is 2.31. The Kier molecular flexibility index (Phi) is 2.58. The van der Waals surface area contributed by atoms with Crippen LogP contribution in [0.3, 0.4) is 0 Å². The number of hydrogen-bond donors (Lipinski definition) is 0. The van der Waals surface area contributed by atoms with Gasteiger partial charge in [-0.2, -0.15) is 0 Å². The predicted molar refractivity (Wildman–Crippen MR) is 57.4 cm³/mol. The highest BCUT2D eigenvalue weighted by molar-refractivity contribution is 5.56. The van der Waals surface area contributed by atoms with Crippen molar-refractivity contribution in [2.75, 3.05) is 0 Å². The molecule has 0 aliphatic rings. The van der Waals surface area contributed by atoms with E-state index in [0.717, 1.165) is 11.3 Å². The summed E-state index contributed by atoms with van der Waals surface area (Å²) in [6.07, 6.45) is 4.99. The summed E-state index contributed by atoms with van der Waals surface area (Å²) in [4.78, 5) is 19.3. The topological polar surface area (TPSA) is 47.8 Å². The van der Waals surface area contributed by atoms with Crippen molar-refractivity contribution >= 4 is 0 Å². The smallest absolute Gasteiger partial charge is 0.250 e. The van der Waals surface area contributed by atoms with Gasteiger partial charge in [-0.05, 0) is 19.1 Å². The first-order chi connectivity index (χ1) is 7.31. The molecule has 4 nitrogen and oxygen atoms in total. The number of hydrogen-bond acceptors (Lipinski definition) is 3. The van der Waals surface area contributed by atoms with Crippen LogP contribution in [-0.2, 0) is 6.54 Å². The quantitative estimate of drug-likeness (QED) is 0.736. The van der Waals surface area contributed by atoms with Crippen LogP contribution in [0, 0.1) is 0 Å². The van der Waals surface area contributed by atoms with E-state index in [0.29, 0.717) is 6.54 Å². The minimum absolute atomic E-state index is 0.00954. The normalized spacial score (nSPS) is 10.2. The third-order valence-electron chi connectivity index (χ3n) is 2.20. The summed E-state index contributed by atoms with van der Waals surface area (Å²) >= 11 is 0. The van der Waals surface area contributed by atoms with Crippen LogP contribution in [0.4, 0.5) is 0 Å². The molecule has 2 rings (SSSR count). The van der Waals surface area contributed by atoms with E-state index in [4.69, 9.17) is 0 Å². The van der Waals surface area contributed by atoms with Gasteiger partial charge in [-0.25, -0.2) is 9.97 Å². The summed E-state index contributed by atoms with van der Waals surface area (Å²) in [6.45, 7) is 2.60. The summed E-state index contributed by atoms with van der Waals surface area (Å²) in [7, 11) is 0. The van der Waals surface area contributed by atoms with E-state index >= 15 is 0 Å². The number of rotatable bonds is 2. The van der Waals surface area contributed by atoms with Gasteiger partial charge in [0.15, 0.2) is 0 Å². The SMILES string of the molecule is CCn1cc(-c2ccncn2)ccc1=O. The first-order valence-corrected chi connectivity index (χ1v) is 4.78. The molecule has 0 saturated heterocycles. The Labute approximate surface area is 87.2 Å². The van der Waals surface area contributed by atoms with Crippen molar-refractivity contribution in [3.05, 3.63) is 47.3 Å². The summed E-state index contributed by atoms with van der Waals surface area (Å²) in [5, 5.41) is 0. The molecule has 0 spiro atoms. The highest BCUT2D eigenvalue weighted by Crippen LogP contribution is 2.12. The first kappa shape index (κ1) is 9.58. The second-order valence-corrected chi connectivity index (χ2v) is 3.14. The zero-order valence-electron chi connectivity index (χ0n) is 8.42. The van der Waals surface area contributed by atoms with Crippen LogP contribution < -0.4 is 5.56 Å². The molecule has 2 aromatic rings. The van der Waals surface area contributed by atoms with Crippen molar-refractivity contribution < 1.29 is 0 Å². The minimum Gasteiger partial charge on any atom is -0.315 e. The van der Waals surface area contributed by atoms with Crippen molar-refractivity contribution in [2.45, 2.75) is 13.5 Å². The Balaban J connectivity index is 2.51. The number of pyridine rings is 1. The Morgan fingerprint density at radius 1 is 1.33 bits per heavy atom. The summed E-state index contributed by atoms with van der Waals surface area (Å²) in [5.74, 6) is 0. The van der Waals surface area contributed by atoms with Crippen molar-refractivity contribution in [1.82, 2.24) is 14.5 Å². The van der Waals surface area contributed by atoms with Gasteiger partial charge in [-0.3, -0.25) is 4.79 Å². The maximum atomic E-state index is 11.4. The van der Waals surface area contributed by atoms with E-state index in [9.17, 15) is 4.79 Å². The van der Waals surface area contributed by atoms with E-state index < -0.39 is 0 Å². The zero-order valence-corrected chi connectivity index (χ0v) is 8.42. The van der Waals surface area contributed by atoms with Crippen molar-refractivity contribution in [3.8, 4) is 11.3 Å². The molecule has 0 fully saturated rings. The molecule has 4 heteroatoms. The molecule has 0 radical (unpaired) electrons. The van der Waals surface area contributed by atoms with Gasteiger partial charge >= 0.3 is 0 Å². The van der Waals surface area contributed by atoms with E-state index in [1.54, 1.807) is 22.9 Å². The third-order valence-corrected chi connectivity index (χ3v) is 2.20. The maximum Gasteiger partial charge on any atom is 0.250 e. The summed E-state index contributed by atoms with van der Waals surface area (Å²) in [5.41, 5.74) is 1.77. The summed E-state index contributed by atoms with van der Waals surface area (Å²) < 4.78 is 1.65. The van der Waals surface area contributed by atoms with Gasteiger partial charge in [0.1, 0.15) is 6.33 Å². The largest absolute Gasteiger partial charge is 0.315 e. The average molecular weight is 201 g/mol. The van der Waals surface area contributed by atoms with E-state index in [1.807, 2.05) is 19.2 Å². The second-order valence-electron chi connectivity index (χ2n) is 3.14. The van der Waals surface area contributed by atoms with Gasteiger partial charge < -0.3 is 4.57 Å². The maximum absolute atomic E-state index is 11.4. The monoisotopic (exact) mass is 201 g/mol. The molecule has 76 valence electrons. The summed E-state index contributed by atoms with van der Waals surface area (Å²) in [6, 6.07) is 5.15. The fraction of sp³-hybridized carbons (Fsp3) is 0.182. The lowest BCUT2D eigenvalue weighted by molar-refractivity contribution is 0.728. The Bertz CT molecular complexity index is 505. The number of nitrogens with zero attached hydrogens (tertiary/aromatic N) is 3. The number of aryl methyl sites for hydroxylation is 1.